The highest BCUT2D eigenvalue weighted by atomic mass is 15.3. The number of aromatic nitrogens is 2. The fraction of sp³-hybridized carbons (Fsp3) is 0.308. The van der Waals surface area contributed by atoms with Gasteiger partial charge in [0, 0.05) is 11.8 Å². The first-order valence-electron chi connectivity index (χ1n) is 5.51. The molecule has 16 heavy (non-hydrogen) atoms. The normalized spacial score (nSPS) is 12.7. The number of nitrogens with one attached hydrogen (secondary N) is 1. The van der Waals surface area contributed by atoms with Gasteiger partial charge in [-0.25, -0.2) is 0 Å². The van der Waals surface area contributed by atoms with E-state index in [0.717, 1.165) is 5.69 Å². The molecule has 0 bridgehead atoms. The topological polar surface area (TPSA) is 29.9 Å². The summed E-state index contributed by atoms with van der Waals surface area (Å²) in [4.78, 5) is 0. The minimum atomic E-state index is 0.219. The zero-order valence-electron chi connectivity index (χ0n) is 9.94. The van der Waals surface area contributed by atoms with Crippen molar-refractivity contribution in [2.45, 2.75) is 20.0 Å². The van der Waals surface area contributed by atoms with E-state index in [4.69, 9.17) is 0 Å². The maximum atomic E-state index is 4.51. The van der Waals surface area contributed by atoms with Crippen molar-refractivity contribution in [3.63, 3.8) is 0 Å². The zero-order valence-corrected chi connectivity index (χ0v) is 9.94. The summed E-state index contributed by atoms with van der Waals surface area (Å²) in [6.07, 6.45) is 2.31. The van der Waals surface area contributed by atoms with E-state index >= 15 is 0 Å². The van der Waals surface area contributed by atoms with Gasteiger partial charge in [-0.05, 0) is 26.5 Å². The second-order valence-corrected chi connectivity index (χ2v) is 3.94. The molecule has 3 nitrogen and oxygen atoms in total. The highest BCUT2D eigenvalue weighted by molar-refractivity contribution is 5.64. The highest BCUT2D eigenvalue weighted by Gasteiger charge is 2.09. The lowest BCUT2D eigenvalue weighted by molar-refractivity contribution is 0.431. The van der Waals surface area contributed by atoms with Gasteiger partial charge in [0.05, 0.1) is 11.9 Å². The molecule has 0 aliphatic heterocycles. The van der Waals surface area contributed by atoms with E-state index in [9.17, 15) is 0 Å². The lowest BCUT2D eigenvalue weighted by Crippen LogP contribution is -2.20. The molecule has 1 aromatic heterocycles. The molecular formula is C13H17N3. The van der Waals surface area contributed by atoms with Crippen LogP contribution >= 0.6 is 0 Å². The Bertz CT molecular complexity index is 459. The summed E-state index contributed by atoms with van der Waals surface area (Å²) >= 11 is 0. The van der Waals surface area contributed by atoms with Gasteiger partial charge in [0.2, 0.25) is 0 Å². The van der Waals surface area contributed by atoms with E-state index < -0.39 is 0 Å². The third-order valence-corrected chi connectivity index (χ3v) is 2.82. The average Bonchev–Trinajstić information content (AvgIpc) is 2.71. The molecular weight excluding hydrogens is 198 g/mol. The molecule has 0 spiro atoms. The van der Waals surface area contributed by atoms with E-state index in [2.05, 4.69) is 35.7 Å². The highest BCUT2D eigenvalue weighted by Crippen LogP contribution is 2.22. The van der Waals surface area contributed by atoms with Crippen molar-refractivity contribution in [2.24, 2.45) is 0 Å². The molecule has 2 aromatic rings. The van der Waals surface area contributed by atoms with Crippen molar-refractivity contribution in [3.8, 4) is 11.1 Å². The van der Waals surface area contributed by atoms with Gasteiger partial charge in [0.15, 0.2) is 0 Å². The molecule has 0 aliphatic carbocycles. The number of aryl methyl sites for hydroxylation is 1. The van der Waals surface area contributed by atoms with Gasteiger partial charge in [-0.3, -0.25) is 10.00 Å². The van der Waals surface area contributed by atoms with E-state index in [-0.39, 0.29) is 6.17 Å². The van der Waals surface area contributed by atoms with Crippen molar-refractivity contribution >= 4 is 0 Å². The van der Waals surface area contributed by atoms with Crippen LogP contribution in [0.3, 0.4) is 0 Å². The molecule has 0 saturated carbocycles. The molecule has 3 heteroatoms. The van der Waals surface area contributed by atoms with Crippen LogP contribution < -0.4 is 5.32 Å². The van der Waals surface area contributed by atoms with Crippen LogP contribution in [0.15, 0.2) is 36.5 Å². The molecule has 84 valence electrons. The zero-order chi connectivity index (χ0) is 11.5. The van der Waals surface area contributed by atoms with E-state index in [1.165, 1.54) is 11.1 Å². The van der Waals surface area contributed by atoms with Crippen LogP contribution in [0.5, 0.6) is 0 Å². The summed E-state index contributed by atoms with van der Waals surface area (Å²) in [5.74, 6) is 0. The van der Waals surface area contributed by atoms with Gasteiger partial charge in [-0.2, -0.15) is 5.10 Å². The first-order valence-corrected chi connectivity index (χ1v) is 5.51. The minimum Gasteiger partial charge on any atom is -0.299 e. The van der Waals surface area contributed by atoms with Crippen molar-refractivity contribution in [1.82, 2.24) is 15.1 Å². The maximum absolute atomic E-state index is 4.51. The van der Waals surface area contributed by atoms with Crippen LogP contribution in [0.1, 0.15) is 18.8 Å². The SMILES string of the molecule is CNC(C)n1cc(-c2ccccc2)c(C)n1. The fourth-order valence-electron chi connectivity index (χ4n) is 1.71. The smallest absolute Gasteiger partial charge is 0.0982 e. The largest absolute Gasteiger partial charge is 0.299 e. The van der Waals surface area contributed by atoms with Crippen molar-refractivity contribution in [2.75, 3.05) is 7.05 Å². The van der Waals surface area contributed by atoms with E-state index in [1.807, 2.05) is 36.9 Å². The first-order chi connectivity index (χ1) is 7.72. The molecule has 0 saturated heterocycles. The molecule has 1 unspecified atom stereocenters. The van der Waals surface area contributed by atoms with Crippen molar-refractivity contribution in [3.05, 3.63) is 42.2 Å². The van der Waals surface area contributed by atoms with Gasteiger partial charge in [0.25, 0.3) is 0 Å². The Morgan fingerprint density at radius 3 is 2.56 bits per heavy atom. The summed E-state index contributed by atoms with van der Waals surface area (Å²) in [5.41, 5.74) is 3.48. The summed E-state index contributed by atoms with van der Waals surface area (Å²) in [6.45, 7) is 4.13. The standard InChI is InChI=1S/C13H17N3/c1-10-13(12-7-5-4-6-8-12)9-16(15-10)11(2)14-3/h4-9,11,14H,1-3H3. The number of nitrogens with zero attached hydrogens (tertiary/aromatic N) is 2. The molecule has 0 radical (unpaired) electrons. The van der Waals surface area contributed by atoms with Crippen molar-refractivity contribution < 1.29 is 0 Å². The lowest BCUT2D eigenvalue weighted by atomic mass is 10.1. The van der Waals surface area contributed by atoms with E-state index in [0.29, 0.717) is 0 Å². The van der Waals surface area contributed by atoms with Gasteiger partial charge in [-0.15, -0.1) is 0 Å². The molecule has 0 aliphatic rings. The van der Waals surface area contributed by atoms with Crippen LogP contribution in [0.25, 0.3) is 11.1 Å². The van der Waals surface area contributed by atoms with Crippen LogP contribution in [0, 0.1) is 6.92 Å². The Morgan fingerprint density at radius 2 is 1.94 bits per heavy atom. The molecule has 1 N–H and O–H groups in total. The van der Waals surface area contributed by atoms with Gasteiger partial charge in [-0.1, -0.05) is 30.3 Å². The number of hydrogen-bond acceptors (Lipinski definition) is 2. The van der Waals surface area contributed by atoms with Crippen molar-refractivity contribution in [1.29, 1.82) is 0 Å². The fourth-order valence-corrected chi connectivity index (χ4v) is 1.71. The Hall–Kier alpha value is -1.61. The van der Waals surface area contributed by atoms with Gasteiger partial charge < -0.3 is 0 Å². The Balaban J connectivity index is 2.40. The summed E-state index contributed by atoms with van der Waals surface area (Å²) in [5, 5.41) is 7.69. The second kappa shape index (κ2) is 4.49. The summed E-state index contributed by atoms with van der Waals surface area (Å²) in [6, 6.07) is 10.3. The van der Waals surface area contributed by atoms with Gasteiger partial charge in [0.1, 0.15) is 0 Å². The number of rotatable bonds is 3. The quantitative estimate of drug-likeness (QED) is 0.853. The first kappa shape index (κ1) is 10.9. The molecule has 1 heterocycles. The minimum absolute atomic E-state index is 0.219. The van der Waals surface area contributed by atoms with Crippen LogP contribution in [-0.2, 0) is 0 Å². The van der Waals surface area contributed by atoms with E-state index in [1.54, 1.807) is 0 Å². The van der Waals surface area contributed by atoms with Gasteiger partial charge >= 0.3 is 0 Å². The molecule has 0 amide bonds. The van der Waals surface area contributed by atoms with Crippen LogP contribution in [0.4, 0.5) is 0 Å². The number of hydrogen-bond donors (Lipinski definition) is 1. The Kier molecular flexibility index (Phi) is 3.06. The Labute approximate surface area is 96.1 Å². The predicted molar refractivity (Wildman–Crippen MR) is 66.2 cm³/mol. The molecule has 0 fully saturated rings. The molecule has 2 rings (SSSR count). The average molecular weight is 215 g/mol. The monoisotopic (exact) mass is 215 g/mol. The second-order valence-electron chi connectivity index (χ2n) is 3.94. The lowest BCUT2D eigenvalue weighted by Gasteiger charge is -2.09. The Morgan fingerprint density at radius 1 is 1.25 bits per heavy atom. The predicted octanol–water partition coefficient (Wildman–Crippen LogP) is 2.60. The maximum Gasteiger partial charge on any atom is 0.0982 e. The van der Waals surface area contributed by atoms with Crippen LogP contribution in [0.2, 0.25) is 0 Å². The summed E-state index contributed by atoms with van der Waals surface area (Å²) in [7, 11) is 1.93. The molecule has 1 atom stereocenters. The number of benzene rings is 1. The third-order valence-electron chi connectivity index (χ3n) is 2.82. The third kappa shape index (κ3) is 1.99. The van der Waals surface area contributed by atoms with Crippen LogP contribution in [-0.4, -0.2) is 16.8 Å². The summed E-state index contributed by atoms with van der Waals surface area (Å²) < 4.78 is 1.96. The molecule has 1 aromatic carbocycles.